The third kappa shape index (κ3) is 3.87. The smallest absolute Gasteiger partial charge is 0.306 e. The Balaban J connectivity index is 1.41. The number of aryl methyl sites for hydroxylation is 1. The first-order valence-corrected chi connectivity index (χ1v) is 8.29. The first kappa shape index (κ1) is 15.1. The van der Waals surface area contributed by atoms with Crippen LogP contribution in [0.1, 0.15) is 55.8 Å². The lowest BCUT2D eigenvalue weighted by molar-refractivity contribution is -0.150. The molecule has 1 aromatic carbocycles. The van der Waals surface area contributed by atoms with Crippen LogP contribution in [0.3, 0.4) is 0 Å². The summed E-state index contributed by atoms with van der Waals surface area (Å²) in [6.45, 7) is 0.561. The summed E-state index contributed by atoms with van der Waals surface area (Å²) in [5.74, 6) is 0.197. The molecule has 2 aliphatic carbocycles. The number of fused-ring (bicyclic) bond motifs is 1. The van der Waals surface area contributed by atoms with E-state index in [1.54, 1.807) is 0 Å². The number of benzene rings is 1. The van der Waals surface area contributed by atoms with Crippen LogP contribution in [0.2, 0.25) is 0 Å². The first-order valence-electron chi connectivity index (χ1n) is 8.29. The van der Waals surface area contributed by atoms with Crippen molar-refractivity contribution in [2.45, 2.75) is 51.0 Å². The molecule has 0 bridgehead atoms. The van der Waals surface area contributed by atoms with Crippen LogP contribution in [0, 0.1) is 5.92 Å². The lowest BCUT2D eigenvalue weighted by atomic mass is 9.89. The maximum absolute atomic E-state index is 12.0. The molecule has 0 saturated heterocycles. The highest BCUT2D eigenvalue weighted by Gasteiger charge is 2.29. The number of hydrogen-bond acceptors (Lipinski definition) is 3. The molecule has 118 valence electrons. The Morgan fingerprint density at radius 2 is 2.00 bits per heavy atom. The minimum atomic E-state index is -0.164. The highest BCUT2D eigenvalue weighted by atomic mass is 16.5. The van der Waals surface area contributed by atoms with Gasteiger partial charge in [0, 0.05) is 18.9 Å². The molecule has 3 rings (SSSR count). The molecule has 1 fully saturated rings. The van der Waals surface area contributed by atoms with Gasteiger partial charge in [-0.05, 0) is 49.7 Å². The number of amides is 1. The van der Waals surface area contributed by atoms with Crippen molar-refractivity contribution in [3.8, 4) is 0 Å². The van der Waals surface area contributed by atoms with Gasteiger partial charge in [0.1, 0.15) is 6.10 Å². The second kappa shape index (κ2) is 6.95. The van der Waals surface area contributed by atoms with E-state index in [0.717, 1.165) is 37.7 Å². The molecular formula is C18H23NO3. The fourth-order valence-electron chi connectivity index (χ4n) is 2.98. The molecular weight excluding hydrogens is 278 g/mol. The Labute approximate surface area is 131 Å². The molecule has 2 aliphatic rings. The fraction of sp³-hybridized carbons (Fsp3) is 0.556. The summed E-state index contributed by atoms with van der Waals surface area (Å²) in [5, 5.41) is 2.87. The van der Waals surface area contributed by atoms with Gasteiger partial charge >= 0.3 is 5.97 Å². The Morgan fingerprint density at radius 1 is 1.18 bits per heavy atom. The monoisotopic (exact) mass is 301 g/mol. The van der Waals surface area contributed by atoms with Crippen LogP contribution >= 0.6 is 0 Å². The van der Waals surface area contributed by atoms with Crippen molar-refractivity contribution in [2.75, 3.05) is 6.54 Å². The molecule has 1 N–H and O–H groups in total. The van der Waals surface area contributed by atoms with Crippen molar-refractivity contribution in [2.24, 2.45) is 5.92 Å². The lowest BCUT2D eigenvalue weighted by Gasteiger charge is -2.25. The van der Waals surface area contributed by atoms with Crippen LogP contribution in [0.25, 0.3) is 0 Å². The molecule has 1 amide bonds. The molecule has 22 heavy (non-hydrogen) atoms. The molecule has 0 aromatic heterocycles. The van der Waals surface area contributed by atoms with Crippen LogP contribution in [-0.4, -0.2) is 18.4 Å². The first-order chi connectivity index (χ1) is 10.7. The van der Waals surface area contributed by atoms with Gasteiger partial charge in [-0.1, -0.05) is 24.3 Å². The Hall–Kier alpha value is -1.84. The fourth-order valence-corrected chi connectivity index (χ4v) is 2.98. The molecule has 0 spiro atoms. The number of nitrogens with one attached hydrogen (secondary N) is 1. The van der Waals surface area contributed by atoms with Gasteiger partial charge in [-0.25, -0.2) is 0 Å². The molecule has 4 nitrogen and oxygen atoms in total. The van der Waals surface area contributed by atoms with Gasteiger partial charge in [0.15, 0.2) is 0 Å². The van der Waals surface area contributed by atoms with E-state index in [0.29, 0.717) is 19.4 Å². The zero-order valence-electron chi connectivity index (χ0n) is 12.8. The van der Waals surface area contributed by atoms with Crippen molar-refractivity contribution in [3.05, 3.63) is 35.4 Å². The molecule has 1 unspecified atom stereocenters. The van der Waals surface area contributed by atoms with Crippen LogP contribution in [0.5, 0.6) is 0 Å². The van der Waals surface area contributed by atoms with Gasteiger partial charge in [0.25, 0.3) is 0 Å². The zero-order chi connectivity index (χ0) is 15.4. The maximum atomic E-state index is 12.0. The van der Waals surface area contributed by atoms with Gasteiger partial charge in [0.2, 0.25) is 5.91 Å². The van der Waals surface area contributed by atoms with E-state index in [2.05, 4.69) is 17.4 Å². The third-order valence-corrected chi connectivity index (χ3v) is 4.39. The van der Waals surface area contributed by atoms with Crippen molar-refractivity contribution in [1.29, 1.82) is 0 Å². The van der Waals surface area contributed by atoms with Crippen molar-refractivity contribution in [3.63, 3.8) is 0 Å². The summed E-state index contributed by atoms with van der Waals surface area (Å²) in [6.07, 6.45) is 5.96. The second-order valence-corrected chi connectivity index (χ2v) is 6.24. The van der Waals surface area contributed by atoms with Gasteiger partial charge < -0.3 is 10.1 Å². The van der Waals surface area contributed by atoms with E-state index in [1.165, 1.54) is 5.56 Å². The molecule has 1 atom stereocenters. The molecule has 1 aromatic rings. The Morgan fingerprint density at radius 3 is 2.82 bits per heavy atom. The lowest BCUT2D eigenvalue weighted by Crippen LogP contribution is -2.26. The summed E-state index contributed by atoms with van der Waals surface area (Å²) in [6, 6.07) is 8.20. The SMILES string of the molecule is O=C(CCCNC(=O)C1CC1)OC1CCCc2ccccc21. The van der Waals surface area contributed by atoms with E-state index in [-0.39, 0.29) is 23.9 Å². The van der Waals surface area contributed by atoms with Gasteiger partial charge in [-0.2, -0.15) is 0 Å². The van der Waals surface area contributed by atoms with Gasteiger partial charge in [0.05, 0.1) is 0 Å². The van der Waals surface area contributed by atoms with E-state index >= 15 is 0 Å². The van der Waals surface area contributed by atoms with Crippen molar-refractivity contribution >= 4 is 11.9 Å². The van der Waals surface area contributed by atoms with Crippen LogP contribution in [0.15, 0.2) is 24.3 Å². The number of hydrogen-bond donors (Lipinski definition) is 1. The molecule has 0 aliphatic heterocycles. The van der Waals surface area contributed by atoms with Crippen LogP contribution < -0.4 is 5.32 Å². The minimum Gasteiger partial charge on any atom is -0.457 e. The summed E-state index contributed by atoms with van der Waals surface area (Å²) < 4.78 is 5.63. The average molecular weight is 301 g/mol. The van der Waals surface area contributed by atoms with Crippen LogP contribution in [0.4, 0.5) is 0 Å². The molecule has 1 saturated carbocycles. The summed E-state index contributed by atoms with van der Waals surface area (Å²) >= 11 is 0. The zero-order valence-corrected chi connectivity index (χ0v) is 12.8. The largest absolute Gasteiger partial charge is 0.457 e. The predicted molar refractivity (Wildman–Crippen MR) is 83.2 cm³/mol. The third-order valence-electron chi connectivity index (χ3n) is 4.39. The van der Waals surface area contributed by atoms with Crippen molar-refractivity contribution < 1.29 is 14.3 Å². The van der Waals surface area contributed by atoms with E-state index < -0.39 is 0 Å². The number of esters is 1. The number of rotatable bonds is 6. The number of carbonyl (C=O) groups is 2. The van der Waals surface area contributed by atoms with E-state index in [1.807, 2.05) is 12.1 Å². The normalized spacial score (nSPS) is 20.1. The molecule has 0 radical (unpaired) electrons. The number of carbonyl (C=O) groups excluding carboxylic acids is 2. The highest BCUT2D eigenvalue weighted by Crippen LogP contribution is 2.32. The average Bonchev–Trinajstić information content (AvgIpc) is 3.37. The summed E-state index contributed by atoms with van der Waals surface area (Å²) in [5.41, 5.74) is 2.45. The Kier molecular flexibility index (Phi) is 4.76. The maximum Gasteiger partial charge on any atom is 0.306 e. The minimum absolute atomic E-state index is 0.0986. The quantitative estimate of drug-likeness (QED) is 0.649. The summed E-state index contributed by atoms with van der Waals surface area (Å²) in [7, 11) is 0. The summed E-state index contributed by atoms with van der Waals surface area (Å²) in [4.78, 5) is 23.5. The Bertz CT molecular complexity index is 551. The van der Waals surface area contributed by atoms with Crippen molar-refractivity contribution in [1.82, 2.24) is 5.32 Å². The second-order valence-electron chi connectivity index (χ2n) is 6.24. The highest BCUT2D eigenvalue weighted by molar-refractivity contribution is 5.80. The topological polar surface area (TPSA) is 55.4 Å². The van der Waals surface area contributed by atoms with Gasteiger partial charge in [-0.15, -0.1) is 0 Å². The van der Waals surface area contributed by atoms with Gasteiger partial charge in [-0.3, -0.25) is 9.59 Å². The predicted octanol–water partition coefficient (Wildman–Crippen LogP) is 2.91. The van der Waals surface area contributed by atoms with E-state index in [9.17, 15) is 9.59 Å². The number of ether oxygens (including phenoxy) is 1. The molecule has 4 heteroatoms. The van der Waals surface area contributed by atoms with Crippen LogP contribution in [-0.2, 0) is 20.7 Å². The van der Waals surface area contributed by atoms with E-state index in [4.69, 9.17) is 4.74 Å². The standard InChI is InChI=1S/C18H23NO3/c20-17(9-4-12-19-18(21)14-10-11-14)22-16-8-3-6-13-5-1-2-7-15(13)16/h1-2,5,7,14,16H,3-4,6,8-12H2,(H,19,21). The molecule has 0 heterocycles.